The number of likely N-dealkylation sites (N-methyl/N-ethyl adjacent to an activating group) is 1. The lowest BCUT2D eigenvalue weighted by atomic mass is 10.2. The molecule has 6 heteroatoms. The molecule has 5 nitrogen and oxygen atoms in total. The Morgan fingerprint density at radius 3 is 2.71 bits per heavy atom. The van der Waals surface area contributed by atoms with Gasteiger partial charge in [-0.3, -0.25) is 9.69 Å². The molecule has 0 aliphatic heterocycles. The minimum Gasteiger partial charge on any atom is -0.468 e. The van der Waals surface area contributed by atoms with Crippen LogP contribution in [0.3, 0.4) is 0 Å². The molecular weight excluding hydrogens is 292 g/mol. The number of hydrogen-bond donors (Lipinski definition) is 0. The maximum absolute atomic E-state index is 11.3. The summed E-state index contributed by atoms with van der Waals surface area (Å²) < 4.78 is 10.4. The number of methoxy groups -OCH3 is 1. The molecule has 0 saturated carbocycles. The first-order valence-electron chi connectivity index (χ1n) is 6.62. The molecular formula is C15H17ClN2O3. The van der Waals surface area contributed by atoms with Gasteiger partial charge in [-0.05, 0) is 30.8 Å². The summed E-state index contributed by atoms with van der Waals surface area (Å²) in [5.41, 5.74) is 0.911. The molecule has 0 bridgehead atoms. The predicted octanol–water partition coefficient (Wildman–Crippen LogP) is 2.99. The van der Waals surface area contributed by atoms with E-state index in [0.29, 0.717) is 29.8 Å². The summed E-state index contributed by atoms with van der Waals surface area (Å²) in [5.74, 6) is 0.961. The molecule has 0 atom stereocenters. The van der Waals surface area contributed by atoms with E-state index in [-0.39, 0.29) is 12.5 Å². The minimum atomic E-state index is -0.277. The fraction of sp³-hybridized carbons (Fsp3) is 0.333. The Kier molecular flexibility index (Phi) is 5.36. The molecule has 112 valence electrons. The Balaban J connectivity index is 2.05. The number of aromatic nitrogens is 1. The number of carbonyl (C=O) groups is 1. The second-order valence-corrected chi connectivity index (χ2v) is 4.94. The molecule has 2 rings (SSSR count). The first-order chi connectivity index (χ1) is 10.1. The zero-order valence-electron chi connectivity index (χ0n) is 12.0. The number of nitrogens with zero attached hydrogens (tertiary/aromatic N) is 2. The third kappa shape index (κ3) is 4.31. The average molecular weight is 309 g/mol. The molecule has 0 saturated heterocycles. The molecule has 0 amide bonds. The highest BCUT2D eigenvalue weighted by Gasteiger charge is 2.13. The Bertz CT molecular complexity index is 595. The van der Waals surface area contributed by atoms with Gasteiger partial charge in [0, 0.05) is 10.6 Å². The maximum atomic E-state index is 11.3. The first-order valence-corrected chi connectivity index (χ1v) is 7.00. The SMILES string of the molecule is CCN(CC(=O)OC)Cc1ncc(-c2ccc(Cl)cc2)o1. The van der Waals surface area contributed by atoms with Crippen molar-refractivity contribution in [3.8, 4) is 11.3 Å². The molecule has 1 heterocycles. The highest BCUT2D eigenvalue weighted by atomic mass is 35.5. The molecule has 0 spiro atoms. The second-order valence-electron chi connectivity index (χ2n) is 4.50. The molecule has 0 N–H and O–H groups in total. The van der Waals surface area contributed by atoms with Crippen molar-refractivity contribution in [3.63, 3.8) is 0 Å². The lowest BCUT2D eigenvalue weighted by Crippen LogP contribution is -2.30. The van der Waals surface area contributed by atoms with Gasteiger partial charge in [0.1, 0.15) is 0 Å². The number of halogens is 1. The van der Waals surface area contributed by atoms with E-state index in [9.17, 15) is 4.79 Å². The van der Waals surface area contributed by atoms with Gasteiger partial charge in [-0.25, -0.2) is 4.98 Å². The van der Waals surface area contributed by atoms with Crippen molar-refractivity contribution in [2.45, 2.75) is 13.5 Å². The van der Waals surface area contributed by atoms with Crippen molar-refractivity contribution < 1.29 is 13.9 Å². The summed E-state index contributed by atoms with van der Waals surface area (Å²) in [6.07, 6.45) is 1.67. The lowest BCUT2D eigenvalue weighted by Gasteiger charge is -2.16. The number of carbonyl (C=O) groups excluding carboxylic acids is 1. The Morgan fingerprint density at radius 1 is 1.38 bits per heavy atom. The Labute approximate surface area is 128 Å². The molecule has 0 unspecified atom stereocenters. The molecule has 21 heavy (non-hydrogen) atoms. The van der Waals surface area contributed by atoms with Crippen molar-refractivity contribution in [3.05, 3.63) is 41.4 Å². The monoisotopic (exact) mass is 308 g/mol. The van der Waals surface area contributed by atoms with Crippen LogP contribution >= 0.6 is 11.6 Å². The normalized spacial score (nSPS) is 10.9. The smallest absolute Gasteiger partial charge is 0.319 e. The van der Waals surface area contributed by atoms with Crippen molar-refractivity contribution in [2.24, 2.45) is 0 Å². The van der Waals surface area contributed by atoms with E-state index in [4.69, 9.17) is 16.0 Å². The van der Waals surface area contributed by atoms with Gasteiger partial charge in [-0.15, -0.1) is 0 Å². The third-order valence-corrected chi connectivity index (χ3v) is 3.32. The molecule has 0 radical (unpaired) electrons. The van der Waals surface area contributed by atoms with Gasteiger partial charge in [0.2, 0.25) is 5.89 Å². The van der Waals surface area contributed by atoms with Gasteiger partial charge < -0.3 is 9.15 Å². The molecule has 1 aromatic heterocycles. The molecule has 0 aliphatic carbocycles. The van der Waals surface area contributed by atoms with Gasteiger partial charge in [0.05, 0.1) is 26.4 Å². The van der Waals surface area contributed by atoms with Gasteiger partial charge in [-0.1, -0.05) is 18.5 Å². The number of esters is 1. The number of benzene rings is 1. The fourth-order valence-electron chi connectivity index (χ4n) is 1.85. The highest BCUT2D eigenvalue weighted by molar-refractivity contribution is 6.30. The Morgan fingerprint density at radius 2 is 2.10 bits per heavy atom. The zero-order valence-corrected chi connectivity index (χ0v) is 12.8. The molecule has 2 aromatic rings. The van der Waals surface area contributed by atoms with Crippen LogP contribution < -0.4 is 0 Å². The molecule has 1 aromatic carbocycles. The summed E-state index contributed by atoms with van der Waals surface area (Å²) in [5, 5.41) is 0.675. The largest absolute Gasteiger partial charge is 0.468 e. The average Bonchev–Trinajstić information content (AvgIpc) is 2.95. The lowest BCUT2D eigenvalue weighted by molar-refractivity contribution is -0.142. The third-order valence-electron chi connectivity index (χ3n) is 3.07. The van der Waals surface area contributed by atoms with Crippen LogP contribution in [0.25, 0.3) is 11.3 Å². The van der Waals surface area contributed by atoms with Gasteiger partial charge in [-0.2, -0.15) is 0 Å². The van der Waals surface area contributed by atoms with E-state index in [1.54, 1.807) is 18.3 Å². The van der Waals surface area contributed by atoms with Gasteiger partial charge in [0.25, 0.3) is 0 Å². The van der Waals surface area contributed by atoms with E-state index in [2.05, 4.69) is 9.72 Å². The highest BCUT2D eigenvalue weighted by Crippen LogP contribution is 2.22. The quantitative estimate of drug-likeness (QED) is 0.768. The van der Waals surface area contributed by atoms with E-state index >= 15 is 0 Å². The van der Waals surface area contributed by atoms with Crippen molar-refractivity contribution in [1.29, 1.82) is 0 Å². The zero-order chi connectivity index (χ0) is 15.2. The standard InChI is InChI=1S/C15H17ClN2O3/c1-3-18(10-15(19)20-2)9-14-17-8-13(21-14)11-4-6-12(16)7-5-11/h4-8H,3,9-10H2,1-2H3. The van der Waals surface area contributed by atoms with Crippen LogP contribution in [0.5, 0.6) is 0 Å². The molecule has 0 aliphatic rings. The van der Waals surface area contributed by atoms with E-state index < -0.39 is 0 Å². The summed E-state index contributed by atoms with van der Waals surface area (Å²) in [4.78, 5) is 17.4. The fourth-order valence-corrected chi connectivity index (χ4v) is 1.97. The van der Waals surface area contributed by atoms with Gasteiger partial charge >= 0.3 is 5.97 Å². The van der Waals surface area contributed by atoms with Crippen LogP contribution in [0.15, 0.2) is 34.9 Å². The van der Waals surface area contributed by atoms with E-state index in [0.717, 1.165) is 5.56 Å². The van der Waals surface area contributed by atoms with Gasteiger partial charge in [0.15, 0.2) is 5.76 Å². The summed E-state index contributed by atoms with van der Waals surface area (Å²) in [6, 6.07) is 7.35. The van der Waals surface area contributed by atoms with Crippen LogP contribution in [0.4, 0.5) is 0 Å². The summed E-state index contributed by atoms with van der Waals surface area (Å²) >= 11 is 5.86. The van der Waals surface area contributed by atoms with Crippen molar-refractivity contribution in [2.75, 3.05) is 20.2 Å². The topological polar surface area (TPSA) is 55.6 Å². The Hall–Kier alpha value is -1.85. The minimum absolute atomic E-state index is 0.214. The maximum Gasteiger partial charge on any atom is 0.319 e. The summed E-state index contributed by atoms with van der Waals surface area (Å²) in [6.45, 7) is 3.34. The number of hydrogen-bond acceptors (Lipinski definition) is 5. The van der Waals surface area contributed by atoms with Crippen LogP contribution in [-0.2, 0) is 16.1 Å². The van der Waals surface area contributed by atoms with Crippen LogP contribution in [-0.4, -0.2) is 36.1 Å². The van der Waals surface area contributed by atoms with Crippen molar-refractivity contribution >= 4 is 17.6 Å². The van der Waals surface area contributed by atoms with E-state index in [1.165, 1.54) is 7.11 Å². The summed E-state index contributed by atoms with van der Waals surface area (Å²) in [7, 11) is 1.37. The first kappa shape index (κ1) is 15.5. The number of ether oxygens (including phenoxy) is 1. The molecule has 0 fully saturated rings. The van der Waals surface area contributed by atoms with Crippen LogP contribution in [0.2, 0.25) is 5.02 Å². The van der Waals surface area contributed by atoms with Crippen molar-refractivity contribution in [1.82, 2.24) is 9.88 Å². The van der Waals surface area contributed by atoms with Crippen LogP contribution in [0.1, 0.15) is 12.8 Å². The van der Waals surface area contributed by atoms with E-state index in [1.807, 2.05) is 24.0 Å². The second kappa shape index (κ2) is 7.24. The predicted molar refractivity (Wildman–Crippen MR) is 79.9 cm³/mol. The number of oxazole rings is 1. The van der Waals surface area contributed by atoms with Crippen LogP contribution in [0, 0.1) is 0 Å². The number of rotatable bonds is 6.